The van der Waals surface area contributed by atoms with Crippen molar-refractivity contribution in [2.24, 2.45) is 5.10 Å². The first kappa shape index (κ1) is 21.8. The average molecular weight is 435 g/mol. The van der Waals surface area contributed by atoms with E-state index in [4.69, 9.17) is 21.7 Å². The fourth-order valence-electron chi connectivity index (χ4n) is 2.58. The van der Waals surface area contributed by atoms with Gasteiger partial charge in [0.25, 0.3) is 5.91 Å². The molecule has 31 heavy (non-hydrogen) atoms. The summed E-state index contributed by atoms with van der Waals surface area (Å²) in [6, 6.07) is 23.9. The first-order valence-corrected chi connectivity index (χ1v) is 9.86. The molecule has 0 unspecified atom stereocenters. The first-order valence-electron chi connectivity index (χ1n) is 9.45. The SMILES string of the molecule is COc1ccccc1NC(=O)COc1ccc(/C=N/NC(=S)Nc2ccccc2)cc1. The van der Waals surface area contributed by atoms with Gasteiger partial charge in [-0.2, -0.15) is 5.10 Å². The number of amides is 1. The molecule has 3 rings (SSSR count). The van der Waals surface area contributed by atoms with Gasteiger partial charge in [0.1, 0.15) is 11.5 Å². The van der Waals surface area contributed by atoms with Crippen LogP contribution in [0.2, 0.25) is 0 Å². The number of anilines is 2. The predicted molar refractivity (Wildman–Crippen MR) is 127 cm³/mol. The van der Waals surface area contributed by atoms with Gasteiger partial charge in [-0.25, -0.2) is 0 Å². The third kappa shape index (κ3) is 7.13. The van der Waals surface area contributed by atoms with Crippen molar-refractivity contribution in [1.82, 2.24) is 5.43 Å². The summed E-state index contributed by atoms with van der Waals surface area (Å²) < 4.78 is 10.7. The van der Waals surface area contributed by atoms with Crippen LogP contribution in [0.15, 0.2) is 84.0 Å². The Kier molecular flexibility index (Phi) is 7.96. The second-order valence-electron chi connectivity index (χ2n) is 6.30. The van der Waals surface area contributed by atoms with Gasteiger partial charge in [0.15, 0.2) is 11.7 Å². The van der Waals surface area contributed by atoms with Gasteiger partial charge in [-0.1, -0.05) is 30.3 Å². The van der Waals surface area contributed by atoms with E-state index in [0.717, 1.165) is 11.3 Å². The van der Waals surface area contributed by atoms with Crippen molar-refractivity contribution in [2.75, 3.05) is 24.4 Å². The van der Waals surface area contributed by atoms with E-state index < -0.39 is 0 Å². The molecule has 7 nitrogen and oxygen atoms in total. The molecule has 0 fully saturated rings. The Hall–Kier alpha value is -3.91. The summed E-state index contributed by atoms with van der Waals surface area (Å²) >= 11 is 5.19. The smallest absolute Gasteiger partial charge is 0.262 e. The van der Waals surface area contributed by atoms with E-state index in [1.165, 1.54) is 0 Å². The van der Waals surface area contributed by atoms with Gasteiger partial charge in [0.2, 0.25) is 0 Å². The molecular formula is C23H22N4O3S. The highest BCUT2D eigenvalue weighted by Gasteiger charge is 2.07. The lowest BCUT2D eigenvalue weighted by Gasteiger charge is -2.10. The maximum absolute atomic E-state index is 12.1. The normalized spacial score (nSPS) is 10.4. The minimum Gasteiger partial charge on any atom is -0.495 e. The molecule has 8 heteroatoms. The van der Waals surface area contributed by atoms with Gasteiger partial charge in [0.05, 0.1) is 19.0 Å². The van der Waals surface area contributed by atoms with Crippen LogP contribution in [0.3, 0.4) is 0 Å². The van der Waals surface area contributed by atoms with Gasteiger partial charge < -0.3 is 20.1 Å². The molecule has 3 aromatic carbocycles. The maximum Gasteiger partial charge on any atom is 0.262 e. The van der Waals surface area contributed by atoms with Crippen molar-refractivity contribution in [3.63, 3.8) is 0 Å². The summed E-state index contributed by atoms with van der Waals surface area (Å²) in [5.74, 6) is 0.881. The second kappa shape index (κ2) is 11.3. The van der Waals surface area contributed by atoms with Gasteiger partial charge >= 0.3 is 0 Å². The summed E-state index contributed by atoms with van der Waals surface area (Å²) in [4.78, 5) is 12.1. The van der Waals surface area contributed by atoms with Crippen molar-refractivity contribution in [3.05, 3.63) is 84.4 Å². The molecule has 0 aliphatic rings. The number of benzene rings is 3. The van der Waals surface area contributed by atoms with Crippen LogP contribution in [0.25, 0.3) is 0 Å². The number of rotatable bonds is 8. The molecule has 0 atom stereocenters. The summed E-state index contributed by atoms with van der Waals surface area (Å²) in [5.41, 5.74) is 5.09. The number of para-hydroxylation sites is 3. The minimum absolute atomic E-state index is 0.119. The summed E-state index contributed by atoms with van der Waals surface area (Å²) in [6.07, 6.45) is 1.64. The van der Waals surface area contributed by atoms with Crippen molar-refractivity contribution in [3.8, 4) is 11.5 Å². The van der Waals surface area contributed by atoms with E-state index in [-0.39, 0.29) is 12.5 Å². The molecule has 0 bridgehead atoms. The first-order chi connectivity index (χ1) is 15.1. The van der Waals surface area contributed by atoms with Crippen LogP contribution in [0, 0.1) is 0 Å². The molecule has 1 amide bonds. The molecule has 0 aliphatic heterocycles. The van der Waals surface area contributed by atoms with Crippen molar-refractivity contribution in [1.29, 1.82) is 0 Å². The number of nitrogens with one attached hydrogen (secondary N) is 3. The number of thiocarbonyl (C=S) groups is 1. The lowest BCUT2D eigenvalue weighted by molar-refractivity contribution is -0.118. The van der Waals surface area contributed by atoms with E-state index in [1.54, 1.807) is 37.6 Å². The van der Waals surface area contributed by atoms with Gasteiger partial charge in [-0.15, -0.1) is 0 Å². The number of carbonyl (C=O) groups is 1. The molecule has 3 aromatic rings. The lowest BCUT2D eigenvalue weighted by Crippen LogP contribution is -2.23. The third-order valence-electron chi connectivity index (χ3n) is 4.04. The van der Waals surface area contributed by atoms with Gasteiger partial charge in [-0.05, 0) is 66.3 Å². The Morgan fingerprint density at radius 1 is 0.968 bits per heavy atom. The zero-order valence-electron chi connectivity index (χ0n) is 16.9. The lowest BCUT2D eigenvalue weighted by atomic mass is 10.2. The Labute approximate surface area is 186 Å². The van der Waals surface area contributed by atoms with Gasteiger partial charge in [0, 0.05) is 5.69 Å². The summed E-state index contributed by atoms with van der Waals surface area (Å²) in [7, 11) is 1.55. The van der Waals surface area contributed by atoms with E-state index in [9.17, 15) is 4.79 Å². The molecular weight excluding hydrogens is 412 g/mol. The zero-order valence-corrected chi connectivity index (χ0v) is 17.7. The van der Waals surface area contributed by atoms with Gasteiger partial charge in [-0.3, -0.25) is 10.2 Å². The number of hydrogen-bond acceptors (Lipinski definition) is 5. The second-order valence-corrected chi connectivity index (χ2v) is 6.70. The van der Waals surface area contributed by atoms with Crippen molar-refractivity contribution < 1.29 is 14.3 Å². The molecule has 0 saturated carbocycles. The summed E-state index contributed by atoms with van der Waals surface area (Å²) in [6.45, 7) is -0.119. The number of carbonyl (C=O) groups excluding carboxylic acids is 1. The predicted octanol–water partition coefficient (Wildman–Crippen LogP) is 4.03. The highest BCUT2D eigenvalue weighted by atomic mass is 32.1. The van der Waals surface area contributed by atoms with Crippen LogP contribution in [0.5, 0.6) is 11.5 Å². The number of ether oxygens (including phenoxy) is 2. The number of methoxy groups -OCH3 is 1. The number of nitrogens with zero attached hydrogens (tertiary/aromatic N) is 1. The van der Waals surface area contributed by atoms with Crippen molar-refractivity contribution in [2.45, 2.75) is 0 Å². The number of hydrogen-bond donors (Lipinski definition) is 3. The van der Waals surface area contributed by atoms with E-state index in [2.05, 4.69) is 21.2 Å². The Morgan fingerprint density at radius 3 is 2.42 bits per heavy atom. The van der Waals surface area contributed by atoms with Crippen LogP contribution in [-0.2, 0) is 4.79 Å². The van der Waals surface area contributed by atoms with Crippen molar-refractivity contribution >= 4 is 40.8 Å². The topological polar surface area (TPSA) is 84.0 Å². The third-order valence-corrected chi connectivity index (χ3v) is 4.24. The monoisotopic (exact) mass is 434 g/mol. The molecule has 0 radical (unpaired) electrons. The zero-order chi connectivity index (χ0) is 21.9. The maximum atomic E-state index is 12.1. The highest BCUT2D eigenvalue weighted by Crippen LogP contribution is 2.22. The molecule has 0 spiro atoms. The highest BCUT2D eigenvalue weighted by molar-refractivity contribution is 7.80. The van der Waals surface area contributed by atoms with Crippen LogP contribution in [0.4, 0.5) is 11.4 Å². The largest absolute Gasteiger partial charge is 0.495 e. The fourth-order valence-corrected chi connectivity index (χ4v) is 2.75. The van der Waals surface area contributed by atoms with Crippen LogP contribution in [-0.4, -0.2) is 31.0 Å². The molecule has 0 heterocycles. The summed E-state index contributed by atoms with van der Waals surface area (Å²) in [5, 5.41) is 10.3. The minimum atomic E-state index is -0.279. The molecule has 3 N–H and O–H groups in total. The quantitative estimate of drug-likeness (QED) is 0.282. The average Bonchev–Trinajstić information content (AvgIpc) is 2.79. The molecule has 0 aliphatic carbocycles. The molecule has 0 saturated heterocycles. The van der Waals surface area contributed by atoms with E-state index in [1.807, 2.05) is 54.6 Å². The Balaban J connectivity index is 1.43. The molecule has 158 valence electrons. The Bertz CT molecular complexity index is 1040. The van der Waals surface area contributed by atoms with Crippen LogP contribution in [0.1, 0.15) is 5.56 Å². The van der Waals surface area contributed by atoms with Crippen LogP contribution >= 0.6 is 12.2 Å². The number of hydrazone groups is 1. The van der Waals surface area contributed by atoms with E-state index >= 15 is 0 Å². The van der Waals surface area contributed by atoms with Crippen LogP contribution < -0.4 is 25.5 Å². The standard InChI is InChI=1S/C23H22N4O3S/c1-29-21-10-6-5-9-20(21)26-22(28)16-30-19-13-11-17(12-14-19)15-24-27-23(31)25-18-7-3-2-4-8-18/h2-15H,16H2,1H3,(H,26,28)(H2,25,27,31)/b24-15+. The molecule has 0 aromatic heterocycles. The fraction of sp³-hybridized carbons (Fsp3) is 0.0870. The van der Waals surface area contributed by atoms with E-state index in [0.29, 0.717) is 22.3 Å². The Morgan fingerprint density at radius 2 is 1.68 bits per heavy atom.